The molecule has 0 saturated heterocycles. The lowest BCUT2D eigenvalue weighted by Crippen LogP contribution is -2.24. The molecule has 2 aromatic rings. The summed E-state index contributed by atoms with van der Waals surface area (Å²) in [6, 6.07) is 11.2. The van der Waals surface area contributed by atoms with Crippen molar-refractivity contribution in [3.8, 4) is 0 Å². The van der Waals surface area contributed by atoms with E-state index in [0.717, 1.165) is 11.1 Å². The van der Waals surface area contributed by atoms with E-state index in [-0.39, 0.29) is 5.91 Å². The molecule has 0 atom stereocenters. The number of pyridine rings is 1. The van der Waals surface area contributed by atoms with Gasteiger partial charge in [0.1, 0.15) is 12.5 Å². The van der Waals surface area contributed by atoms with Gasteiger partial charge in [-0.1, -0.05) is 24.3 Å². The van der Waals surface area contributed by atoms with Crippen LogP contribution in [0, 0.1) is 0 Å². The van der Waals surface area contributed by atoms with Crippen molar-refractivity contribution >= 4 is 5.91 Å². The van der Waals surface area contributed by atoms with Gasteiger partial charge in [0, 0.05) is 31.4 Å². The Morgan fingerprint density at radius 2 is 1.91 bits per heavy atom. The van der Waals surface area contributed by atoms with Gasteiger partial charge in [0.2, 0.25) is 0 Å². The Balaban J connectivity index is 1.61. The van der Waals surface area contributed by atoms with Crippen molar-refractivity contribution in [2.45, 2.75) is 19.3 Å². The molecule has 1 aromatic heterocycles. The molecule has 0 fully saturated rings. The summed E-state index contributed by atoms with van der Waals surface area (Å²) in [6.07, 6.45) is 6.24. The summed E-state index contributed by atoms with van der Waals surface area (Å²) in [6.45, 7) is 2.30. The molecule has 112 valence electrons. The van der Waals surface area contributed by atoms with Crippen LogP contribution in [-0.2, 0) is 21.8 Å². The number of hydrogen-bond acceptors (Lipinski definition) is 4. The molecule has 22 heavy (non-hydrogen) atoms. The van der Waals surface area contributed by atoms with Gasteiger partial charge in [-0.2, -0.15) is 0 Å². The largest absolute Gasteiger partial charge is 0.453 e. The highest BCUT2D eigenvalue weighted by atomic mass is 16.7. The molecule has 0 saturated carbocycles. The van der Waals surface area contributed by atoms with E-state index in [0.29, 0.717) is 12.1 Å². The Kier molecular flexibility index (Phi) is 3.78. The van der Waals surface area contributed by atoms with Gasteiger partial charge in [-0.25, -0.2) is 0 Å². The average molecular weight is 296 g/mol. The third-order valence-corrected chi connectivity index (χ3v) is 3.50. The van der Waals surface area contributed by atoms with Gasteiger partial charge >= 0.3 is 0 Å². The Labute approximate surface area is 128 Å². The van der Waals surface area contributed by atoms with E-state index in [1.165, 1.54) is 12.5 Å². The van der Waals surface area contributed by atoms with Gasteiger partial charge in [-0.3, -0.25) is 9.78 Å². The Morgan fingerprint density at radius 1 is 1.18 bits per heavy atom. The highest BCUT2D eigenvalue weighted by Crippen LogP contribution is 2.31. The minimum Gasteiger partial charge on any atom is -0.453 e. The smallest absolute Gasteiger partial charge is 0.273 e. The van der Waals surface area contributed by atoms with E-state index in [9.17, 15) is 4.79 Å². The standard InChI is InChI=1S/C17H16N2O3/c1-17(21-9-10-22-17)15-6-4-13(5-7-15)11-19-16(20)14-3-2-8-18-12-14/h2-10,12H,11H2,1H3,(H,19,20). The molecule has 5 nitrogen and oxygen atoms in total. The summed E-state index contributed by atoms with van der Waals surface area (Å²) >= 11 is 0. The summed E-state index contributed by atoms with van der Waals surface area (Å²) in [5.41, 5.74) is 2.46. The lowest BCUT2D eigenvalue weighted by Gasteiger charge is -2.23. The lowest BCUT2D eigenvalue weighted by molar-refractivity contribution is -0.133. The first-order chi connectivity index (χ1) is 10.7. The van der Waals surface area contributed by atoms with Crippen LogP contribution in [0.5, 0.6) is 0 Å². The number of rotatable bonds is 4. The normalized spacial score (nSPS) is 15.0. The SMILES string of the molecule is CC1(c2ccc(CNC(=O)c3cccnc3)cc2)OC=CO1. The van der Waals surface area contributed by atoms with E-state index < -0.39 is 5.79 Å². The summed E-state index contributed by atoms with van der Waals surface area (Å²) in [4.78, 5) is 15.9. The molecule has 5 heteroatoms. The molecule has 1 N–H and O–H groups in total. The minimum atomic E-state index is -0.766. The van der Waals surface area contributed by atoms with Gasteiger partial charge in [-0.15, -0.1) is 0 Å². The predicted octanol–water partition coefficient (Wildman–Crippen LogP) is 2.70. The van der Waals surface area contributed by atoms with E-state index in [1.54, 1.807) is 24.5 Å². The third kappa shape index (κ3) is 2.93. The van der Waals surface area contributed by atoms with Crippen LogP contribution in [0.1, 0.15) is 28.4 Å². The van der Waals surface area contributed by atoms with E-state index in [2.05, 4.69) is 10.3 Å². The molecule has 0 aliphatic carbocycles. The number of aromatic nitrogens is 1. The molecular formula is C17H16N2O3. The van der Waals surface area contributed by atoms with E-state index in [1.807, 2.05) is 31.2 Å². The van der Waals surface area contributed by atoms with Gasteiger partial charge < -0.3 is 14.8 Å². The molecule has 2 heterocycles. The molecule has 0 spiro atoms. The summed E-state index contributed by atoms with van der Waals surface area (Å²) in [7, 11) is 0. The van der Waals surface area contributed by atoms with E-state index in [4.69, 9.17) is 9.47 Å². The monoisotopic (exact) mass is 296 g/mol. The maximum absolute atomic E-state index is 11.9. The number of nitrogens with one attached hydrogen (secondary N) is 1. The molecule has 3 rings (SSSR count). The third-order valence-electron chi connectivity index (χ3n) is 3.50. The number of ether oxygens (including phenoxy) is 2. The van der Waals surface area contributed by atoms with Gasteiger partial charge in [0.05, 0.1) is 5.56 Å². The van der Waals surface area contributed by atoms with Crippen LogP contribution < -0.4 is 5.32 Å². The number of carbonyl (C=O) groups excluding carboxylic acids is 1. The molecule has 1 aromatic carbocycles. The average Bonchev–Trinajstić information content (AvgIpc) is 3.02. The van der Waals surface area contributed by atoms with Crippen LogP contribution in [0.15, 0.2) is 61.3 Å². The second-order valence-electron chi connectivity index (χ2n) is 5.07. The Bertz CT molecular complexity index is 673. The first-order valence-corrected chi connectivity index (χ1v) is 6.96. The zero-order valence-electron chi connectivity index (χ0n) is 12.2. The summed E-state index contributed by atoms with van der Waals surface area (Å²) in [5.74, 6) is -0.909. The zero-order chi connectivity index (χ0) is 15.4. The number of carbonyl (C=O) groups is 1. The second-order valence-corrected chi connectivity index (χ2v) is 5.07. The highest BCUT2D eigenvalue weighted by molar-refractivity contribution is 5.93. The van der Waals surface area contributed by atoms with Crippen LogP contribution >= 0.6 is 0 Å². The number of hydrogen-bond donors (Lipinski definition) is 1. The maximum atomic E-state index is 11.9. The molecule has 1 aliphatic rings. The highest BCUT2D eigenvalue weighted by Gasteiger charge is 2.31. The molecular weight excluding hydrogens is 280 g/mol. The van der Waals surface area contributed by atoms with Gasteiger partial charge in [0.25, 0.3) is 11.7 Å². The van der Waals surface area contributed by atoms with Crippen LogP contribution in [-0.4, -0.2) is 10.9 Å². The molecule has 0 bridgehead atoms. The number of benzene rings is 1. The van der Waals surface area contributed by atoms with Crippen molar-refractivity contribution in [1.82, 2.24) is 10.3 Å². The van der Waals surface area contributed by atoms with Gasteiger partial charge in [-0.05, 0) is 17.7 Å². The van der Waals surface area contributed by atoms with Crippen molar-refractivity contribution in [2.24, 2.45) is 0 Å². The fourth-order valence-corrected chi connectivity index (χ4v) is 2.19. The summed E-state index contributed by atoms with van der Waals surface area (Å²) < 4.78 is 10.9. The number of nitrogens with zero attached hydrogens (tertiary/aromatic N) is 1. The molecule has 1 amide bonds. The van der Waals surface area contributed by atoms with Crippen molar-refractivity contribution in [3.05, 3.63) is 78.0 Å². The topological polar surface area (TPSA) is 60.5 Å². The Hall–Kier alpha value is -2.82. The Morgan fingerprint density at radius 3 is 2.55 bits per heavy atom. The fraction of sp³-hybridized carbons (Fsp3) is 0.176. The first kappa shape index (κ1) is 14.1. The summed E-state index contributed by atoms with van der Waals surface area (Å²) in [5, 5.41) is 2.86. The van der Waals surface area contributed by atoms with Crippen LogP contribution in [0.4, 0.5) is 0 Å². The van der Waals surface area contributed by atoms with Crippen molar-refractivity contribution in [1.29, 1.82) is 0 Å². The van der Waals surface area contributed by atoms with E-state index >= 15 is 0 Å². The van der Waals surface area contributed by atoms with Crippen molar-refractivity contribution in [2.75, 3.05) is 0 Å². The van der Waals surface area contributed by atoms with Crippen LogP contribution in [0.2, 0.25) is 0 Å². The number of amides is 1. The maximum Gasteiger partial charge on any atom is 0.273 e. The lowest BCUT2D eigenvalue weighted by atomic mass is 10.1. The zero-order valence-corrected chi connectivity index (χ0v) is 12.2. The quantitative estimate of drug-likeness (QED) is 0.942. The van der Waals surface area contributed by atoms with Crippen molar-refractivity contribution < 1.29 is 14.3 Å². The fourth-order valence-electron chi connectivity index (χ4n) is 2.19. The van der Waals surface area contributed by atoms with Gasteiger partial charge in [0.15, 0.2) is 0 Å². The molecule has 0 radical (unpaired) electrons. The van der Waals surface area contributed by atoms with Crippen molar-refractivity contribution in [3.63, 3.8) is 0 Å². The minimum absolute atomic E-state index is 0.143. The second kappa shape index (κ2) is 5.89. The predicted molar refractivity (Wildman–Crippen MR) is 80.5 cm³/mol. The molecule has 0 unspecified atom stereocenters. The first-order valence-electron chi connectivity index (χ1n) is 6.96. The van der Waals surface area contributed by atoms with Crippen LogP contribution in [0.3, 0.4) is 0 Å². The van der Waals surface area contributed by atoms with Crippen LogP contribution in [0.25, 0.3) is 0 Å². The molecule has 1 aliphatic heterocycles.